The van der Waals surface area contributed by atoms with Gasteiger partial charge in [-0.2, -0.15) is 13.8 Å². The number of nitrogens with one attached hydrogen (secondary N) is 1. The van der Waals surface area contributed by atoms with E-state index in [2.05, 4.69) is 19.9 Å². The monoisotopic (exact) mass is 293 g/mol. The zero-order valence-electron chi connectivity index (χ0n) is 10.0. The first-order chi connectivity index (χ1) is 9.63. The number of alkyl halides is 2. The fraction of sp³-hybridized carbons (Fsp3) is 0.0833. The van der Waals surface area contributed by atoms with Gasteiger partial charge in [-0.05, 0) is 12.1 Å². The van der Waals surface area contributed by atoms with Crippen LogP contribution in [0, 0.1) is 0 Å². The van der Waals surface area contributed by atoms with Crippen molar-refractivity contribution in [1.29, 1.82) is 0 Å². The van der Waals surface area contributed by atoms with Crippen LogP contribution in [0.3, 0.4) is 0 Å². The third-order valence-corrected chi connectivity index (χ3v) is 3.38. The number of aromatic amines is 1. The van der Waals surface area contributed by atoms with Gasteiger partial charge in [-0.1, -0.05) is 23.9 Å². The first-order valence-electron chi connectivity index (χ1n) is 5.65. The third-order valence-electron chi connectivity index (χ3n) is 2.66. The van der Waals surface area contributed by atoms with Crippen LogP contribution in [0.1, 0.15) is 0 Å². The Balaban J connectivity index is 2.04. The molecule has 5 nitrogen and oxygen atoms in total. The number of rotatable bonds is 3. The van der Waals surface area contributed by atoms with Crippen molar-refractivity contribution in [2.45, 2.75) is 10.7 Å². The second-order valence-electron chi connectivity index (χ2n) is 3.93. The molecule has 3 N–H and O–H groups in total. The van der Waals surface area contributed by atoms with E-state index < -0.39 is 5.76 Å². The molecule has 102 valence electrons. The van der Waals surface area contributed by atoms with Crippen LogP contribution in [-0.4, -0.2) is 25.7 Å². The second-order valence-corrected chi connectivity index (χ2v) is 5.00. The van der Waals surface area contributed by atoms with E-state index in [4.69, 9.17) is 5.73 Å². The minimum atomic E-state index is -2.44. The number of anilines is 1. The Morgan fingerprint density at radius 1 is 1.15 bits per heavy atom. The molecule has 2 heterocycles. The SMILES string of the molecule is Nc1nc(-c2ccc(SC(F)F)cc2)c2[nH]cnc2n1. The molecular formula is C12H9F2N5S. The third kappa shape index (κ3) is 2.42. The largest absolute Gasteiger partial charge is 0.368 e. The number of H-pyrrole nitrogens is 1. The molecule has 20 heavy (non-hydrogen) atoms. The molecule has 2 aromatic heterocycles. The van der Waals surface area contributed by atoms with Crippen LogP contribution in [0.25, 0.3) is 22.4 Å². The number of halogens is 2. The van der Waals surface area contributed by atoms with Crippen molar-refractivity contribution >= 4 is 28.9 Å². The van der Waals surface area contributed by atoms with Crippen molar-refractivity contribution in [3.63, 3.8) is 0 Å². The molecular weight excluding hydrogens is 284 g/mol. The molecule has 0 aliphatic rings. The van der Waals surface area contributed by atoms with Gasteiger partial charge in [0.25, 0.3) is 5.76 Å². The summed E-state index contributed by atoms with van der Waals surface area (Å²) in [6, 6.07) is 6.67. The van der Waals surface area contributed by atoms with Gasteiger partial charge in [-0.3, -0.25) is 0 Å². The summed E-state index contributed by atoms with van der Waals surface area (Å²) in [6.07, 6.45) is 1.50. The number of benzene rings is 1. The van der Waals surface area contributed by atoms with Gasteiger partial charge in [0.1, 0.15) is 11.2 Å². The fourth-order valence-electron chi connectivity index (χ4n) is 1.85. The van der Waals surface area contributed by atoms with Crippen LogP contribution in [-0.2, 0) is 0 Å². The lowest BCUT2D eigenvalue weighted by atomic mass is 10.1. The summed E-state index contributed by atoms with van der Waals surface area (Å²) in [6.45, 7) is 0. The lowest BCUT2D eigenvalue weighted by Gasteiger charge is -2.05. The van der Waals surface area contributed by atoms with Crippen molar-refractivity contribution in [2.75, 3.05) is 5.73 Å². The Bertz CT molecular complexity index is 741. The Kier molecular flexibility index (Phi) is 3.23. The smallest absolute Gasteiger partial charge is 0.288 e. The maximum atomic E-state index is 12.3. The van der Waals surface area contributed by atoms with Crippen LogP contribution >= 0.6 is 11.8 Å². The molecule has 3 aromatic rings. The van der Waals surface area contributed by atoms with Crippen LogP contribution in [0.4, 0.5) is 14.7 Å². The molecule has 0 saturated carbocycles. The predicted octanol–water partition coefficient (Wildman–Crippen LogP) is 2.92. The van der Waals surface area contributed by atoms with Crippen molar-refractivity contribution in [1.82, 2.24) is 19.9 Å². The maximum Gasteiger partial charge on any atom is 0.288 e. The van der Waals surface area contributed by atoms with Crippen molar-refractivity contribution in [3.8, 4) is 11.3 Å². The van der Waals surface area contributed by atoms with Crippen LogP contribution in [0.2, 0.25) is 0 Å². The number of fused-ring (bicyclic) bond motifs is 1. The van der Waals surface area contributed by atoms with Crippen molar-refractivity contribution < 1.29 is 8.78 Å². The molecule has 0 amide bonds. The van der Waals surface area contributed by atoms with E-state index in [0.717, 1.165) is 5.56 Å². The number of imidazole rings is 1. The molecule has 0 aliphatic heterocycles. The summed E-state index contributed by atoms with van der Waals surface area (Å²) in [5.74, 6) is -2.32. The Morgan fingerprint density at radius 2 is 1.90 bits per heavy atom. The Labute approximate surface area is 116 Å². The first-order valence-corrected chi connectivity index (χ1v) is 6.53. The van der Waals surface area contributed by atoms with Crippen LogP contribution in [0.5, 0.6) is 0 Å². The number of nitrogens with zero attached hydrogens (tertiary/aromatic N) is 3. The second kappa shape index (κ2) is 5.04. The number of hydrogen-bond acceptors (Lipinski definition) is 5. The van der Waals surface area contributed by atoms with Gasteiger partial charge in [-0.25, -0.2) is 9.97 Å². The normalized spacial score (nSPS) is 11.3. The Morgan fingerprint density at radius 3 is 2.60 bits per heavy atom. The summed E-state index contributed by atoms with van der Waals surface area (Å²) in [5.41, 5.74) is 8.12. The molecule has 0 fully saturated rings. The summed E-state index contributed by atoms with van der Waals surface area (Å²) >= 11 is 0.500. The summed E-state index contributed by atoms with van der Waals surface area (Å²) in [5, 5.41) is 0. The summed E-state index contributed by atoms with van der Waals surface area (Å²) in [7, 11) is 0. The van der Waals surface area contributed by atoms with E-state index in [0.29, 0.717) is 33.5 Å². The number of thioether (sulfide) groups is 1. The molecule has 8 heteroatoms. The lowest BCUT2D eigenvalue weighted by Crippen LogP contribution is -1.97. The van der Waals surface area contributed by atoms with Crippen LogP contribution < -0.4 is 5.73 Å². The van der Waals surface area contributed by atoms with Gasteiger partial charge in [0.05, 0.1) is 6.33 Å². The van der Waals surface area contributed by atoms with E-state index in [1.165, 1.54) is 6.33 Å². The minimum absolute atomic E-state index is 0.116. The zero-order chi connectivity index (χ0) is 14.1. The quantitative estimate of drug-likeness (QED) is 0.726. The highest BCUT2D eigenvalue weighted by molar-refractivity contribution is 7.99. The maximum absolute atomic E-state index is 12.3. The van der Waals surface area contributed by atoms with Crippen molar-refractivity contribution in [3.05, 3.63) is 30.6 Å². The number of nitrogen functional groups attached to an aromatic ring is 1. The molecule has 0 aliphatic carbocycles. The van der Waals surface area contributed by atoms with Gasteiger partial charge in [0, 0.05) is 10.5 Å². The standard InChI is InChI=1S/C12H9F2N5S/c13-11(14)20-7-3-1-6(2-4-7)8-9-10(17-5-16-9)19-12(15)18-8/h1-5,11H,(H3,15,16,17,18,19). The lowest BCUT2D eigenvalue weighted by molar-refractivity contribution is 0.252. The molecule has 0 saturated heterocycles. The number of aromatic nitrogens is 4. The molecule has 0 bridgehead atoms. The number of hydrogen-bond donors (Lipinski definition) is 2. The molecule has 0 spiro atoms. The highest BCUT2D eigenvalue weighted by Crippen LogP contribution is 2.29. The van der Waals surface area contributed by atoms with E-state index in [-0.39, 0.29) is 5.95 Å². The average Bonchev–Trinajstić information content (AvgIpc) is 2.86. The van der Waals surface area contributed by atoms with E-state index in [1.54, 1.807) is 24.3 Å². The van der Waals surface area contributed by atoms with Gasteiger partial charge in [-0.15, -0.1) is 0 Å². The minimum Gasteiger partial charge on any atom is -0.368 e. The Hall–Kier alpha value is -2.22. The van der Waals surface area contributed by atoms with Crippen molar-refractivity contribution in [2.24, 2.45) is 0 Å². The zero-order valence-corrected chi connectivity index (χ0v) is 10.9. The highest BCUT2D eigenvalue weighted by Gasteiger charge is 2.11. The van der Waals surface area contributed by atoms with Gasteiger partial charge in [0.2, 0.25) is 5.95 Å². The molecule has 0 radical (unpaired) electrons. The van der Waals surface area contributed by atoms with Gasteiger partial charge < -0.3 is 10.7 Å². The van der Waals surface area contributed by atoms with Gasteiger partial charge >= 0.3 is 0 Å². The average molecular weight is 293 g/mol. The predicted molar refractivity (Wildman–Crippen MR) is 73.4 cm³/mol. The summed E-state index contributed by atoms with van der Waals surface area (Å²) < 4.78 is 24.6. The molecule has 0 unspecified atom stereocenters. The topological polar surface area (TPSA) is 80.5 Å². The van der Waals surface area contributed by atoms with Crippen LogP contribution in [0.15, 0.2) is 35.5 Å². The van der Waals surface area contributed by atoms with E-state index in [1.807, 2.05) is 0 Å². The number of nitrogens with two attached hydrogens (primary N) is 1. The molecule has 3 rings (SSSR count). The summed E-state index contributed by atoms with van der Waals surface area (Å²) in [4.78, 5) is 15.6. The first kappa shape index (κ1) is 12.8. The molecule has 1 aromatic carbocycles. The van der Waals surface area contributed by atoms with E-state index >= 15 is 0 Å². The van der Waals surface area contributed by atoms with E-state index in [9.17, 15) is 8.78 Å². The van der Waals surface area contributed by atoms with Gasteiger partial charge in [0.15, 0.2) is 5.65 Å². The highest BCUT2D eigenvalue weighted by atomic mass is 32.2. The molecule has 0 atom stereocenters. The fourth-order valence-corrected chi connectivity index (χ4v) is 2.35.